The first-order valence-corrected chi connectivity index (χ1v) is 10.4. The number of nitrogens with one attached hydrogen (secondary N) is 1. The van der Waals surface area contributed by atoms with Crippen molar-refractivity contribution in [2.24, 2.45) is 5.92 Å². The van der Waals surface area contributed by atoms with Crippen LogP contribution >= 0.6 is 0 Å². The third kappa shape index (κ3) is 4.82. The number of carboxylic acids is 1. The van der Waals surface area contributed by atoms with Crippen molar-refractivity contribution in [1.29, 1.82) is 0 Å². The number of terminal acetylenes is 1. The number of hydrogen-bond donors (Lipinski definition) is 2. The van der Waals surface area contributed by atoms with Crippen molar-refractivity contribution >= 4 is 17.8 Å². The van der Waals surface area contributed by atoms with E-state index < -0.39 is 30.1 Å². The van der Waals surface area contributed by atoms with Crippen molar-refractivity contribution in [2.75, 3.05) is 0 Å². The summed E-state index contributed by atoms with van der Waals surface area (Å²) in [6, 6.07) is 7.31. The number of esters is 1. The average molecular weight is 417 g/mol. The summed E-state index contributed by atoms with van der Waals surface area (Å²) >= 11 is 0. The molecule has 3 rings (SSSR count). The Morgan fingerprint density at radius 1 is 1.33 bits per heavy atom. The van der Waals surface area contributed by atoms with Gasteiger partial charge in [0.1, 0.15) is 18.2 Å². The minimum atomic E-state index is -0.975. The van der Waals surface area contributed by atoms with E-state index >= 15 is 0 Å². The Labute approximate surface area is 179 Å². The van der Waals surface area contributed by atoms with Crippen LogP contribution in [0.3, 0.4) is 0 Å². The zero-order valence-corrected chi connectivity index (χ0v) is 17.1. The number of rotatable bonds is 8. The monoisotopic (exact) mass is 416 g/mol. The molecule has 1 aliphatic heterocycles. The number of hydrogen-bond acceptors (Lipinski definition) is 5. The maximum atomic E-state index is 13.2. The molecular formula is C23H32N2O5. The fraction of sp³-hybridized carbons (Fsp3) is 0.522. The number of nitrogens with zero attached hydrogens (tertiary/aromatic N) is 1. The van der Waals surface area contributed by atoms with Gasteiger partial charge < -0.3 is 14.7 Å². The van der Waals surface area contributed by atoms with Crippen LogP contribution < -0.4 is 5.32 Å². The van der Waals surface area contributed by atoms with E-state index in [1.165, 1.54) is 4.90 Å². The van der Waals surface area contributed by atoms with E-state index in [1.807, 2.05) is 36.4 Å². The third-order valence-corrected chi connectivity index (χ3v) is 6.21. The van der Waals surface area contributed by atoms with Gasteiger partial charge in [0.2, 0.25) is 5.91 Å². The molecule has 1 saturated heterocycles. The second kappa shape index (κ2) is 9.77. The van der Waals surface area contributed by atoms with Crippen molar-refractivity contribution in [1.82, 2.24) is 10.2 Å². The Balaban J connectivity index is 0.00000256. The van der Waals surface area contributed by atoms with Crippen LogP contribution in [0.15, 0.2) is 30.3 Å². The molecule has 164 valence electrons. The summed E-state index contributed by atoms with van der Waals surface area (Å²) in [5, 5.41) is 12.6. The van der Waals surface area contributed by atoms with E-state index in [9.17, 15) is 19.5 Å². The van der Waals surface area contributed by atoms with E-state index in [1.54, 1.807) is 6.92 Å². The molecule has 7 heteroatoms. The number of carbonyl (C=O) groups is 3. The normalized spacial score (nSPS) is 24.5. The van der Waals surface area contributed by atoms with E-state index in [0.717, 1.165) is 24.8 Å². The molecule has 2 fully saturated rings. The van der Waals surface area contributed by atoms with E-state index in [0.29, 0.717) is 19.3 Å². The van der Waals surface area contributed by atoms with Gasteiger partial charge in [-0.2, -0.15) is 0 Å². The topological polar surface area (TPSA) is 95.9 Å². The molecule has 0 unspecified atom stereocenters. The smallest absolute Gasteiger partial charge is 0.337 e. The molecule has 2 N–H and O–H groups in total. The van der Waals surface area contributed by atoms with Crippen LogP contribution in [0.2, 0.25) is 0 Å². The van der Waals surface area contributed by atoms with Crippen LogP contribution in [0.5, 0.6) is 0 Å². The zero-order valence-electron chi connectivity index (χ0n) is 17.1. The molecule has 0 spiro atoms. The molecule has 0 radical (unpaired) electrons. The largest absolute Gasteiger partial charge is 0.480 e. The van der Waals surface area contributed by atoms with Gasteiger partial charge in [0, 0.05) is 8.90 Å². The summed E-state index contributed by atoms with van der Waals surface area (Å²) in [5.74, 6) is -1.65. The number of likely N-dealkylation sites (tertiary alicyclic amines) is 1. The van der Waals surface area contributed by atoms with Gasteiger partial charge in [-0.05, 0) is 50.5 Å². The highest BCUT2D eigenvalue weighted by atomic mass is 16.5. The number of benzene rings is 1. The van der Waals surface area contributed by atoms with Crippen LogP contribution in [0.1, 0.15) is 47.4 Å². The minimum Gasteiger partial charge on any atom is -0.480 e. The molecular weight excluding hydrogens is 384 g/mol. The number of fused-ring (bicyclic) bond motifs is 1. The maximum absolute atomic E-state index is 13.2. The van der Waals surface area contributed by atoms with Crippen molar-refractivity contribution < 1.29 is 27.1 Å². The van der Waals surface area contributed by atoms with E-state index in [2.05, 4.69) is 5.32 Å². The molecule has 7 nitrogen and oxygen atoms in total. The summed E-state index contributed by atoms with van der Waals surface area (Å²) in [7, 11) is 0. The number of amides is 1. The number of aryl methyl sites for hydroxylation is 1. The SMILES string of the molecule is C#COC(=O)[C@H](CCc1ccccc1)N[C@@H](C)C(=O)N1[C@H](C(=O)O)C[C@@H]2CCC[C@@H]21.[HH].[HH]. The Morgan fingerprint density at radius 3 is 2.73 bits per heavy atom. The van der Waals surface area contributed by atoms with E-state index in [-0.39, 0.29) is 20.7 Å². The molecule has 2 aliphatic rings. The van der Waals surface area contributed by atoms with Gasteiger partial charge in [0.15, 0.2) is 0 Å². The van der Waals surface area contributed by atoms with Crippen molar-refractivity contribution in [3.05, 3.63) is 35.9 Å². The highest BCUT2D eigenvalue weighted by Gasteiger charge is 2.49. The Morgan fingerprint density at radius 2 is 2.07 bits per heavy atom. The van der Waals surface area contributed by atoms with Gasteiger partial charge in [0.25, 0.3) is 0 Å². The van der Waals surface area contributed by atoms with Crippen LogP contribution in [0.4, 0.5) is 0 Å². The molecule has 1 aromatic carbocycles. The van der Waals surface area contributed by atoms with Crippen molar-refractivity contribution in [3.8, 4) is 12.5 Å². The molecule has 5 atom stereocenters. The summed E-state index contributed by atoms with van der Waals surface area (Å²) in [6.45, 7) is 1.65. The second-order valence-corrected chi connectivity index (χ2v) is 8.10. The number of carbonyl (C=O) groups excluding carboxylic acids is 2. The highest BCUT2D eigenvalue weighted by Crippen LogP contribution is 2.41. The first kappa shape index (κ1) is 21.8. The van der Waals surface area contributed by atoms with Crippen molar-refractivity contribution in [3.63, 3.8) is 0 Å². The Hall–Kier alpha value is -2.85. The summed E-state index contributed by atoms with van der Waals surface area (Å²) in [5.41, 5.74) is 1.05. The fourth-order valence-corrected chi connectivity index (χ4v) is 4.78. The fourth-order valence-electron chi connectivity index (χ4n) is 4.78. The van der Waals surface area contributed by atoms with Crippen LogP contribution in [0, 0.1) is 18.4 Å². The highest BCUT2D eigenvalue weighted by molar-refractivity contribution is 5.88. The molecule has 30 heavy (non-hydrogen) atoms. The third-order valence-electron chi connectivity index (χ3n) is 6.21. The van der Waals surface area contributed by atoms with Gasteiger partial charge in [-0.1, -0.05) is 43.2 Å². The standard InChI is InChI=1S/C23H28N2O5.2H2/c1-3-30-23(29)18(13-12-16-8-5-4-6-9-16)24-15(2)21(26)25-19-11-7-10-17(19)14-20(25)22(27)28;;/h1,4-6,8-9,15,17-20,24H,7,10-14H2,2H3,(H,27,28);2*1H/t15-,17-,18-,19-,20-;;/m0../s1. The van der Waals surface area contributed by atoms with Gasteiger partial charge >= 0.3 is 11.9 Å². The summed E-state index contributed by atoms with van der Waals surface area (Å²) in [4.78, 5) is 38.8. The van der Waals surface area contributed by atoms with Crippen LogP contribution in [-0.4, -0.2) is 52.0 Å². The summed E-state index contributed by atoms with van der Waals surface area (Å²) in [6.07, 6.45) is 11.3. The van der Waals surface area contributed by atoms with Gasteiger partial charge in [-0.25, -0.2) is 9.59 Å². The lowest BCUT2D eigenvalue weighted by Crippen LogP contribution is -2.55. The Kier molecular flexibility index (Phi) is 7.11. The maximum Gasteiger partial charge on any atom is 0.337 e. The average Bonchev–Trinajstić information content (AvgIpc) is 3.32. The van der Waals surface area contributed by atoms with Gasteiger partial charge in [-0.15, -0.1) is 0 Å². The first-order chi connectivity index (χ1) is 14.4. The minimum absolute atomic E-state index is 0. The summed E-state index contributed by atoms with van der Waals surface area (Å²) < 4.78 is 4.73. The van der Waals surface area contributed by atoms with Crippen LogP contribution in [-0.2, 0) is 25.5 Å². The lowest BCUT2D eigenvalue weighted by atomic mass is 10.0. The number of carboxylic acid groups (broad SMARTS) is 1. The zero-order chi connectivity index (χ0) is 21.7. The first-order valence-electron chi connectivity index (χ1n) is 10.4. The molecule has 0 bridgehead atoms. The van der Waals surface area contributed by atoms with Crippen molar-refractivity contribution in [2.45, 2.75) is 69.6 Å². The van der Waals surface area contributed by atoms with E-state index in [4.69, 9.17) is 11.2 Å². The molecule has 1 aliphatic carbocycles. The lowest BCUT2D eigenvalue weighted by Gasteiger charge is -2.31. The molecule has 1 aromatic rings. The van der Waals surface area contributed by atoms with Gasteiger partial charge in [0.05, 0.1) is 6.04 Å². The van der Waals surface area contributed by atoms with Gasteiger partial charge in [-0.3, -0.25) is 10.1 Å². The molecule has 1 amide bonds. The Bertz CT molecular complexity index is 829. The predicted molar refractivity (Wildman–Crippen MR) is 114 cm³/mol. The number of aliphatic carboxylic acids is 1. The second-order valence-electron chi connectivity index (χ2n) is 8.10. The predicted octanol–water partition coefficient (Wildman–Crippen LogP) is 2.45. The lowest BCUT2D eigenvalue weighted by molar-refractivity contribution is -0.151. The molecule has 0 aromatic heterocycles. The molecule has 1 heterocycles. The quantitative estimate of drug-likeness (QED) is 0.499. The molecule has 1 saturated carbocycles. The van der Waals surface area contributed by atoms with Crippen LogP contribution in [0.25, 0.3) is 0 Å². The number of ether oxygens (including phenoxy) is 1.